The molecule has 1 N–H and O–H groups in total. The van der Waals surface area contributed by atoms with E-state index in [0.717, 1.165) is 57.5 Å². The van der Waals surface area contributed by atoms with E-state index in [1.807, 2.05) is 6.20 Å². The van der Waals surface area contributed by atoms with Gasteiger partial charge in [0.05, 0.1) is 25.1 Å². The molecule has 3 heterocycles. The van der Waals surface area contributed by atoms with E-state index in [9.17, 15) is 0 Å². The van der Waals surface area contributed by atoms with Crippen molar-refractivity contribution in [1.82, 2.24) is 20.3 Å². The minimum absolute atomic E-state index is 0.554. The fourth-order valence-electron chi connectivity index (χ4n) is 3.17. The van der Waals surface area contributed by atoms with Gasteiger partial charge in [0.2, 0.25) is 0 Å². The van der Waals surface area contributed by atoms with E-state index in [4.69, 9.17) is 9.47 Å². The summed E-state index contributed by atoms with van der Waals surface area (Å²) in [6, 6.07) is 0.554. The number of nitrogens with one attached hydrogen (secondary N) is 1. The fraction of sp³-hybridized carbons (Fsp3) is 0.857. The predicted octanol–water partition coefficient (Wildman–Crippen LogP) is 0.865. The van der Waals surface area contributed by atoms with Gasteiger partial charge in [0.25, 0.3) is 0 Å². The first-order chi connectivity index (χ1) is 9.92. The first-order valence-corrected chi connectivity index (χ1v) is 7.66. The van der Waals surface area contributed by atoms with Crippen LogP contribution in [-0.4, -0.2) is 65.9 Å². The van der Waals surface area contributed by atoms with Gasteiger partial charge in [-0.2, -0.15) is 15.4 Å². The molecule has 0 unspecified atom stereocenters. The number of hydrogen-bond acceptors (Lipinski definition) is 5. The Bertz CT molecular complexity index is 379. The number of hydrogen-bond donors (Lipinski definition) is 1. The number of H-pyrrole nitrogens is 1. The van der Waals surface area contributed by atoms with Crippen LogP contribution in [0.15, 0.2) is 6.20 Å². The summed E-state index contributed by atoms with van der Waals surface area (Å²) in [6.45, 7) is 5.66. The maximum absolute atomic E-state index is 5.68. The number of aromatic amines is 1. The van der Waals surface area contributed by atoms with Gasteiger partial charge in [-0.15, -0.1) is 0 Å². The number of morpholine rings is 1. The molecule has 0 amide bonds. The molecule has 112 valence electrons. The van der Waals surface area contributed by atoms with Crippen LogP contribution in [0.2, 0.25) is 0 Å². The Balaban J connectivity index is 1.50. The minimum atomic E-state index is 0.554. The topological polar surface area (TPSA) is 63.3 Å². The lowest BCUT2D eigenvalue weighted by atomic mass is 9.91. The molecule has 0 saturated carbocycles. The van der Waals surface area contributed by atoms with Crippen LogP contribution >= 0.6 is 0 Å². The molecule has 20 heavy (non-hydrogen) atoms. The lowest BCUT2D eigenvalue weighted by Gasteiger charge is -2.38. The maximum atomic E-state index is 5.68. The minimum Gasteiger partial charge on any atom is -0.381 e. The molecule has 1 atom stereocenters. The third kappa shape index (κ3) is 3.77. The summed E-state index contributed by atoms with van der Waals surface area (Å²) in [4.78, 5) is 2.56. The predicted molar refractivity (Wildman–Crippen MR) is 74.4 cm³/mol. The van der Waals surface area contributed by atoms with Gasteiger partial charge in [-0.1, -0.05) is 0 Å². The smallest absolute Gasteiger partial charge is 0.0837 e. The summed E-state index contributed by atoms with van der Waals surface area (Å²) in [5.41, 5.74) is 1.04. The summed E-state index contributed by atoms with van der Waals surface area (Å²) in [7, 11) is 0. The summed E-state index contributed by atoms with van der Waals surface area (Å²) in [5, 5.41) is 10.7. The molecule has 3 rings (SSSR count). The van der Waals surface area contributed by atoms with Crippen molar-refractivity contribution >= 4 is 0 Å². The highest BCUT2D eigenvalue weighted by Gasteiger charge is 2.26. The van der Waals surface area contributed by atoms with Crippen LogP contribution in [0.1, 0.15) is 25.0 Å². The SMILES string of the molecule is c1n[nH]nc1CCN1CCOC[C@@H]1CC1CCOCC1. The first-order valence-electron chi connectivity index (χ1n) is 7.66. The van der Waals surface area contributed by atoms with E-state index in [1.54, 1.807) is 0 Å². The Morgan fingerprint density at radius 2 is 2.15 bits per heavy atom. The number of rotatable bonds is 5. The van der Waals surface area contributed by atoms with Crippen LogP contribution in [0.5, 0.6) is 0 Å². The van der Waals surface area contributed by atoms with Gasteiger partial charge < -0.3 is 9.47 Å². The van der Waals surface area contributed by atoms with Crippen molar-refractivity contribution in [2.24, 2.45) is 5.92 Å². The van der Waals surface area contributed by atoms with Crippen molar-refractivity contribution < 1.29 is 9.47 Å². The second kappa shape index (κ2) is 7.15. The standard InChI is InChI=1S/C14H24N4O2/c1(13-10-15-17-16-13)4-18-5-8-20-11-14(18)9-12-2-6-19-7-3-12/h10,12,14H,1-9,11H2,(H,15,16,17)/t14-/m0/s1. The van der Waals surface area contributed by atoms with E-state index < -0.39 is 0 Å². The van der Waals surface area contributed by atoms with Gasteiger partial charge in [-0.05, 0) is 25.2 Å². The molecule has 1 aromatic heterocycles. The van der Waals surface area contributed by atoms with Gasteiger partial charge in [0.1, 0.15) is 0 Å². The van der Waals surface area contributed by atoms with Crippen molar-refractivity contribution in [1.29, 1.82) is 0 Å². The van der Waals surface area contributed by atoms with Crippen molar-refractivity contribution in [3.63, 3.8) is 0 Å². The third-order valence-electron chi connectivity index (χ3n) is 4.42. The zero-order valence-electron chi connectivity index (χ0n) is 12.0. The van der Waals surface area contributed by atoms with Crippen LogP contribution < -0.4 is 0 Å². The zero-order chi connectivity index (χ0) is 13.6. The molecule has 0 aromatic carbocycles. The number of aromatic nitrogens is 3. The van der Waals surface area contributed by atoms with Crippen molar-refractivity contribution in [3.8, 4) is 0 Å². The molecule has 0 spiro atoms. The molecule has 0 radical (unpaired) electrons. The second-order valence-electron chi connectivity index (χ2n) is 5.77. The monoisotopic (exact) mass is 280 g/mol. The molecule has 2 aliphatic rings. The highest BCUT2D eigenvalue weighted by atomic mass is 16.5. The fourth-order valence-corrected chi connectivity index (χ4v) is 3.17. The van der Waals surface area contributed by atoms with E-state index in [0.29, 0.717) is 6.04 Å². The normalized spacial score (nSPS) is 25.9. The van der Waals surface area contributed by atoms with Crippen LogP contribution in [0.4, 0.5) is 0 Å². The van der Waals surface area contributed by atoms with E-state index >= 15 is 0 Å². The Morgan fingerprint density at radius 3 is 2.95 bits per heavy atom. The Labute approximate surface area is 119 Å². The molecular weight excluding hydrogens is 256 g/mol. The van der Waals surface area contributed by atoms with E-state index in [1.165, 1.54) is 19.3 Å². The quantitative estimate of drug-likeness (QED) is 0.867. The van der Waals surface area contributed by atoms with Crippen molar-refractivity contribution in [3.05, 3.63) is 11.9 Å². The van der Waals surface area contributed by atoms with E-state index in [-0.39, 0.29) is 0 Å². The molecule has 1 aromatic rings. The zero-order valence-corrected chi connectivity index (χ0v) is 12.0. The average molecular weight is 280 g/mol. The lowest BCUT2D eigenvalue weighted by molar-refractivity contribution is -0.0248. The van der Waals surface area contributed by atoms with Crippen molar-refractivity contribution in [2.45, 2.75) is 31.7 Å². The largest absolute Gasteiger partial charge is 0.381 e. The van der Waals surface area contributed by atoms with E-state index in [2.05, 4.69) is 20.3 Å². The molecular formula is C14H24N4O2. The summed E-state index contributed by atoms with van der Waals surface area (Å²) in [6.07, 6.45) is 6.41. The van der Waals surface area contributed by atoms with Gasteiger partial charge in [0.15, 0.2) is 0 Å². The molecule has 2 aliphatic heterocycles. The molecule has 0 bridgehead atoms. The molecule has 2 fully saturated rings. The summed E-state index contributed by atoms with van der Waals surface area (Å²) < 4.78 is 11.1. The van der Waals surface area contributed by atoms with Gasteiger partial charge in [-0.3, -0.25) is 4.90 Å². The van der Waals surface area contributed by atoms with Gasteiger partial charge >= 0.3 is 0 Å². The molecule has 6 heteroatoms. The highest BCUT2D eigenvalue weighted by Crippen LogP contribution is 2.24. The van der Waals surface area contributed by atoms with Crippen LogP contribution in [-0.2, 0) is 15.9 Å². The molecule has 0 aliphatic carbocycles. The van der Waals surface area contributed by atoms with Gasteiger partial charge in [0, 0.05) is 38.8 Å². The van der Waals surface area contributed by atoms with Crippen molar-refractivity contribution in [2.75, 3.05) is 39.5 Å². The summed E-state index contributed by atoms with van der Waals surface area (Å²) in [5.74, 6) is 0.796. The van der Waals surface area contributed by atoms with Crippen LogP contribution in [0.25, 0.3) is 0 Å². The van der Waals surface area contributed by atoms with Gasteiger partial charge in [-0.25, -0.2) is 0 Å². The molecule has 2 saturated heterocycles. The number of ether oxygens (including phenoxy) is 2. The first kappa shape index (κ1) is 14.0. The highest BCUT2D eigenvalue weighted by molar-refractivity contribution is 4.92. The van der Waals surface area contributed by atoms with Crippen LogP contribution in [0, 0.1) is 5.92 Å². The number of nitrogens with zero attached hydrogens (tertiary/aromatic N) is 3. The Morgan fingerprint density at radius 1 is 1.25 bits per heavy atom. The summed E-state index contributed by atoms with van der Waals surface area (Å²) >= 11 is 0. The maximum Gasteiger partial charge on any atom is 0.0837 e. The average Bonchev–Trinajstić information content (AvgIpc) is 3.01. The second-order valence-corrected chi connectivity index (χ2v) is 5.77. The van der Waals surface area contributed by atoms with Crippen LogP contribution in [0.3, 0.4) is 0 Å². The Kier molecular flexibility index (Phi) is 5.00. The third-order valence-corrected chi connectivity index (χ3v) is 4.42. The molecule has 6 nitrogen and oxygen atoms in total. The lowest BCUT2D eigenvalue weighted by Crippen LogP contribution is -2.47. The Hall–Kier alpha value is -0.980.